The van der Waals surface area contributed by atoms with Gasteiger partial charge in [0, 0.05) is 17.8 Å². The third kappa shape index (κ3) is 7.12. The predicted molar refractivity (Wildman–Crippen MR) is 131 cm³/mol. The van der Waals surface area contributed by atoms with Crippen molar-refractivity contribution in [1.29, 1.82) is 5.26 Å². The van der Waals surface area contributed by atoms with Gasteiger partial charge in [0.15, 0.2) is 11.3 Å². The lowest BCUT2D eigenvalue weighted by Gasteiger charge is -2.33. The highest BCUT2D eigenvalue weighted by molar-refractivity contribution is 5.69. The summed E-state index contributed by atoms with van der Waals surface area (Å²) in [7, 11) is 0. The minimum atomic E-state index is -4.61. The lowest BCUT2D eigenvalue weighted by atomic mass is 9.91. The number of rotatable bonds is 7. The first-order valence-corrected chi connectivity index (χ1v) is 11.7. The number of aromatic nitrogens is 3. The molecule has 1 N–H and O–H groups in total. The second-order valence-corrected chi connectivity index (χ2v) is 10.5. The number of nitriles is 1. The van der Waals surface area contributed by atoms with Crippen molar-refractivity contribution in [3.63, 3.8) is 0 Å². The zero-order chi connectivity index (χ0) is 27.6. The number of halogens is 3. The Morgan fingerprint density at radius 2 is 1.86 bits per heavy atom. The van der Waals surface area contributed by atoms with Crippen LogP contribution in [0.15, 0.2) is 36.5 Å². The van der Waals surface area contributed by atoms with Gasteiger partial charge in [-0.2, -0.15) is 23.5 Å². The summed E-state index contributed by atoms with van der Waals surface area (Å²) >= 11 is 0. The van der Waals surface area contributed by atoms with Gasteiger partial charge in [-0.15, -0.1) is 0 Å². The minimum Gasteiger partial charge on any atom is -0.490 e. The highest BCUT2D eigenvalue weighted by Gasteiger charge is 2.35. The zero-order valence-corrected chi connectivity index (χ0v) is 21.6. The van der Waals surface area contributed by atoms with Gasteiger partial charge in [0.25, 0.3) is 0 Å². The second kappa shape index (κ2) is 10.3. The molecule has 11 heteroatoms. The van der Waals surface area contributed by atoms with Crippen LogP contribution >= 0.6 is 0 Å². The van der Waals surface area contributed by atoms with Crippen molar-refractivity contribution in [2.75, 3.05) is 6.61 Å². The summed E-state index contributed by atoms with van der Waals surface area (Å²) in [6.45, 7) is 11.2. The molecule has 198 valence electrons. The first-order chi connectivity index (χ1) is 17.1. The van der Waals surface area contributed by atoms with Crippen molar-refractivity contribution < 1.29 is 27.4 Å². The number of benzene rings is 1. The van der Waals surface area contributed by atoms with Crippen LogP contribution < -0.4 is 10.1 Å². The SMILES string of the molecule is CC(C)CC(C)(COc1ccc(-c2ccnc3cc(C(F)(F)F)nn23)cc1C#N)NC(=O)OC(C)(C)C. The van der Waals surface area contributed by atoms with Gasteiger partial charge in [-0.25, -0.2) is 14.3 Å². The van der Waals surface area contributed by atoms with Crippen LogP contribution in [0.5, 0.6) is 5.75 Å². The van der Waals surface area contributed by atoms with Gasteiger partial charge in [-0.05, 0) is 64.3 Å². The number of carbonyl (C=O) groups excluding carboxylic acids is 1. The maximum atomic E-state index is 13.2. The van der Waals surface area contributed by atoms with E-state index < -0.39 is 29.1 Å². The first kappa shape index (κ1) is 27.8. The Kier molecular flexibility index (Phi) is 7.72. The van der Waals surface area contributed by atoms with E-state index in [2.05, 4.69) is 21.5 Å². The van der Waals surface area contributed by atoms with Gasteiger partial charge in [0.2, 0.25) is 0 Å². The number of hydrogen-bond donors (Lipinski definition) is 1. The fourth-order valence-electron chi connectivity index (χ4n) is 3.99. The van der Waals surface area contributed by atoms with E-state index in [0.29, 0.717) is 17.7 Å². The number of fused-ring (bicyclic) bond motifs is 1. The fraction of sp³-hybridized carbons (Fsp3) is 0.462. The van der Waals surface area contributed by atoms with Gasteiger partial charge in [0.1, 0.15) is 24.0 Å². The van der Waals surface area contributed by atoms with Gasteiger partial charge < -0.3 is 14.8 Å². The van der Waals surface area contributed by atoms with Gasteiger partial charge in [-0.3, -0.25) is 0 Å². The molecule has 1 unspecified atom stereocenters. The molecule has 0 aliphatic rings. The molecule has 0 spiro atoms. The zero-order valence-electron chi connectivity index (χ0n) is 21.6. The molecule has 1 amide bonds. The summed E-state index contributed by atoms with van der Waals surface area (Å²) in [4.78, 5) is 16.4. The Morgan fingerprint density at radius 3 is 2.46 bits per heavy atom. The van der Waals surface area contributed by atoms with E-state index in [1.54, 1.807) is 32.9 Å². The Morgan fingerprint density at radius 1 is 1.16 bits per heavy atom. The van der Waals surface area contributed by atoms with E-state index in [1.807, 2.05) is 20.8 Å². The third-order valence-electron chi connectivity index (χ3n) is 5.25. The number of carbonyl (C=O) groups is 1. The van der Waals surface area contributed by atoms with E-state index in [-0.39, 0.29) is 29.5 Å². The number of alkyl carbamates (subject to hydrolysis) is 1. The minimum absolute atomic E-state index is 0.0290. The number of hydrogen-bond acceptors (Lipinski definition) is 6. The molecule has 0 fully saturated rings. The summed E-state index contributed by atoms with van der Waals surface area (Å²) < 4.78 is 51.9. The molecule has 0 radical (unpaired) electrons. The Balaban J connectivity index is 1.87. The molecule has 1 aromatic carbocycles. The van der Waals surface area contributed by atoms with Crippen molar-refractivity contribution in [3.05, 3.63) is 47.8 Å². The first-order valence-electron chi connectivity index (χ1n) is 11.7. The van der Waals surface area contributed by atoms with E-state index in [0.717, 1.165) is 10.6 Å². The average Bonchev–Trinajstić information content (AvgIpc) is 3.21. The quantitative estimate of drug-likeness (QED) is 0.413. The Labute approximate surface area is 213 Å². The topological polar surface area (TPSA) is 102 Å². The molecule has 3 rings (SSSR count). The van der Waals surface area contributed by atoms with Crippen LogP contribution in [-0.4, -0.2) is 38.4 Å². The highest BCUT2D eigenvalue weighted by atomic mass is 19.4. The van der Waals surface area contributed by atoms with Crippen LogP contribution in [0.25, 0.3) is 16.9 Å². The van der Waals surface area contributed by atoms with Crippen LogP contribution in [0.4, 0.5) is 18.0 Å². The Hall–Kier alpha value is -3.81. The molecule has 3 aromatic rings. The largest absolute Gasteiger partial charge is 0.490 e. The average molecular weight is 518 g/mol. The van der Waals surface area contributed by atoms with Crippen molar-refractivity contribution in [2.45, 2.75) is 65.3 Å². The van der Waals surface area contributed by atoms with Crippen molar-refractivity contribution in [3.8, 4) is 23.1 Å². The molecule has 0 saturated heterocycles. The number of nitrogens with zero attached hydrogens (tertiary/aromatic N) is 4. The number of nitrogens with one attached hydrogen (secondary N) is 1. The summed E-state index contributed by atoms with van der Waals surface area (Å²) in [5, 5.41) is 16.3. The standard InChI is InChI=1S/C26H30F3N5O3/c1-16(2)13-25(6,32-23(35)37-24(3,4)5)15-36-20-8-7-17(11-18(20)14-30)19-9-10-31-22-12-21(26(27,28)29)33-34(19)22/h7-12,16H,13,15H2,1-6H3,(H,32,35). The lowest BCUT2D eigenvalue weighted by molar-refractivity contribution is -0.141. The van der Waals surface area contributed by atoms with E-state index in [1.165, 1.54) is 18.3 Å². The number of amides is 1. The van der Waals surface area contributed by atoms with Gasteiger partial charge >= 0.3 is 12.3 Å². The molecule has 8 nitrogen and oxygen atoms in total. The molecule has 2 aromatic heterocycles. The van der Waals surface area contributed by atoms with Crippen LogP contribution in [-0.2, 0) is 10.9 Å². The third-order valence-corrected chi connectivity index (χ3v) is 5.25. The molecule has 0 bridgehead atoms. The van der Waals surface area contributed by atoms with Gasteiger partial charge in [0.05, 0.1) is 16.8 Å². The van der Waals surface area contributed by atoms with Gasteiger partial charge in [-0.1, -0.05) is 13.8 Å². The second-order valence-electron chi connectivity index (χ2n) is 10.5. The molecule has 0 saturated carbocycles. The molecule has 0 aliphatic carbocycles. The summed E-state index contributed by atoms with van der Waals surface area (Å²) in [5.41, 5.74) is -1.51. The maximum absolute atomic E-state index is 13.2. The van der Waals surface area contributed by atoms with E-state index in [9.17, 15) is 23.2 Å². The number of ether oxygens (including phenoxy) is 2. The van der Waals surface area contributed by atoms with E-state index in [4.69, 9.17) is 9.47 Å². The highest BCUT2D eigenvalue weighted by Crippen LogP contribution is 2.31. The van der Waals surface area contributed by atoms with Crippen LogP contribution in [0, 0.1) is 17.2 Å². The summed E-state index contributed by atoms with van der Waals surface area (Å²) in [6, 6.07) is 9.15. The lowest BCUT2D eigenvalue weighted by Crippen LogP contribution is -2.52. The summed E-state index contributed by atoms with van der Waals surface area (Å²) in [6.07, 6.45) is -3.23. The van der Waals surface area contributed by atoms with Crippen molar-refractivity contribution in [2.24, 2.45) is 5.92 Å². The smallest absolute Gasteiger partial charge is 0.435 e. The maximum Gasteiger partial charge on any atom is 0.435 e. The molecule has 2 heterocycles. The van der Waals surface area contributed by atoms with Crippen LogP contribution in [0.2, 0.25) is 0 Å². The molecular weight excluding hydrogens is 487 g/mol. The monoisotopic (exact) mass is 517 g/mol. The van der Waals surface area contributed by atoms with Crippen molar-refractivity contribution in [1.82, 2.24) is 19.9 Å². The summed E-state index contributed by atoms with van der Waals surface area (Å²) in [5.74, 6) is 0.500. The predicted octanol–water partition coefficient (Wildman–Crippen LogP) is 6.00. The van der Waals surface area contributed by atoms with Crippen LogP contribution in [0.3, 0.4) is 0 Å². The molecule has 37 heavy (non-hydrogen) atoms. The molecular formula is C26H30F3N5O3. The Bertz CT molecular complexity index is 1320. The number of alkyl halides is 3. The molecule has 0 aliphatic heterocycles. The normalized spacial score (nSPS) is 13.8. The van der Waals surface area contributed by atoms with Crippen molar-refractivity contribution >= 4 is 11.7 Å². The molecule has 1 atom stereocenters. The van der Waals surface area contributed by atoms with Crippen LogP contribution in [0.1, 0.15) is 59.2 Å². The fourth-order valence-corrected chi connectivity index (χ4v) is 3.99. The van der Waals surface area contributed by atoms with E-state index >= 15 is 0 Å².